The first-order chi connectivity index (χ1) is 9.81. The summed E-state index contributed by atoms with van der Waals surface area (Å²) in [6.07, 6.45) is 4.79. The molecule has 1 aliphatic heterocycles. The van der Waals surface area contributed by atoms with Crippen molar-refractivity contribution in [3.63, 3.8) is 0 Å². The van der Waals surface area contributed by atoms with Gasteiger partial charge in [0, 0.05) is 18.3 Å². The molecule has 0 aliphatic carbocycles. The molecule has 108 valence electrons. The molecule has 0 fully saturated rings. The van der Waals surface area contributed by atoms with Gasteiger partial charge < -0.3 is 10.5 Å². The second-order valence-corrected chi connectivity index (χ2v) is 4.82. The fraction of sp³-hybridized carbons (Fsp3) is 0.438. The third-order valence-electron chi connectivity index (χ3n) is 3.25. The smallest absolute Gasteiger partial charge is 0.297 e. The standard InChI is InChI=1S/C16H23N3O/c1-3-5-11-20-16-18-14-9-7-6-8-13(14)15(12-17)19(16)10-4-2/h6-9,12H,3-5,10-11,17H2,1-2H3. The molecule has 1 aromatic carbocycles. The number of amidine groups is 1. The van der Waals surface area contributed by atoms with Gasteiger partial charge in [-0.25, -0.2) is 0 Å². The van der Waals surface area contributed by atoms with Crippen molar-refractivity contribution in [1.82, 2.24) is 4.90 Å². The molecule has 0 spiro atoms. The molecule has 0 bridgehead atoms. The van der Waals surface area contributed by atoms with Crippen molar-refractivity contribution in [2.45, 2.75) is 33.1 Å². The van der Waals surface area contributed by atoms with Crippen LogP contribution in [-0.4, -0.2) is 24.1 Å². The Labute approximate surface area is 120 Å². The normalized spacial score (nSPS) is 16.0. The Hall–Kier alpha value is -1.97. The van der Waals surface area contributed by atoms with Gasteiger partial charge in [-0.1, -0.05) is 38.5 Å². The summed E-state index contributed by atoms with van der Waals surface area (Å²) in [6, 6.07) is 8.69. The maximum atomic E-state index is 5.86. The van der Waals surface area contributed by atoms with Crippen molar-refractivity contribution in [3.8, 4) is 0 Å². The highest BCUT2D eigenvalue weighted by atomic mass is 16.5. The lowest BCUT2D eigenvalue weighted by molar-refractivity contribution is 0.251. The summed E-state index contributed by atoms with van der Waals surface area (Å²) in [7, 11) is 0. The molecular weight excluding hydrogens is 250 g/mol. The minimum absolute atomic E-state index is 0.663. The molecule has 4 nitrogen and oxygen atoms in total. The molecule has 1 heterocycles. The molecule has 0 radical (unpaired) electrons. The summed E-state index contributed by atoms with van der Waals surface area (Å²) >= 11 is 0. The maximum Gasteiger partial charge on any atom is 0.297 e. The van der Waals surface area contributed by atoms with E-state index in [2.05, 4.69) is 23.7 Å². The number of fused-ring (bicyclic) bond motifs is 1. The van der Waals surface area contributed by atoms with Gasteiger partial charge in [0.1, 0.15) is 0 Å². The van der Waals surface area contributed by atoms with E-state index in [1.165, 1.54) is 0 Å². The van der Waals surface area contributed by atoms with E-state index in [0.717, 1.165) is 42.8 Å². The summed E-state index contributed by atoms with van der Waals surface area (Å²) in [5.41, 5.74) is 8.80. The summed E-state index contributed by atoms with van der Waals surface area (Å²) in [6.45, 7) is 5.83. The first-order valence-electron chi connectivity index (χ1n) is 7.32. The van der Waals surface area contributed by atoms with Crippen LogP contribution in [0.3, 0.4) is 0 Å². The monoisotopic (exact) mass is 273 g/mol. The molecule has 0 saturated heterocycles. The molecule has 1 aromatic rings. The van der Waals surface area contributed by atoms with Gasteiger partial charge in [-0.2, -0.15) is 4.99 Å². The van der Waals surface area contributed by atoms with Crippen LogP contribution in [0.2, 0.25) is 0 Å². The van der Waals surface area contributed by atoms with Gasteiger partial charge in [-0.05, 0) is 18.9 Å². The zero-order valence-corrected chi connectivity index (χ0v) is 12.3. The van der Waals surface area contributed by atoms with E-state index in [0.29, 0.717) is 12.6 Å². The Morgan fingerprint density at radius 3 is 2.75 bits per heavy atom. The van der Waals surface area contributed by atoms with Crippen LogP contribution in [0.15, 0.2) is 35.5 Å². The number of nitrogens with zero attached hydrogens (tertiary/aromatic N) is 2. The van der Waals surface area contributed by atoms with E-state index in [1.54, 1.807) is 6.20 Å². The Morgan fingerprint density at radius 2 is 2.05 bits per heavy atom. The summed E-state index contributed by atoms with van der Waals surface area (Å²) in [4.78, 5) is 6.71. The molecule has 1 aliphatic rings. The minimum atomic E-state index is 0.663. The number of hydrogen-bond acceptors (Lipinski definition) is 4. The van der Waals surface area contributed by atoms with Crippen molar-refractivity contribution in [1.29, 1.82) is 0 Å². The second kappa shape index (κ2) is 6.98. The summed E-state index contributed by atoms with van der Waals surface area (Å²) < 4.78 is 5.86. The largest absolute Gasteiger partial charge is 0.465 e. The van der Waals surface area contributed by atoms with Crippen LogP contribution < -0.4 is 5.73 Å². The average Bonchev–Trinajstić information content (AvgIpc) is 2.48. The summed E-state index contributed by atoms with van der Waals surface area (Å²) in [5, 5.41) is 0. The van der Waals surface area contributed by atoms with Crippen LogP contribution >= 0.6 is 0 Å². The van der Waals surface area contributed by atoms with E-state index < -0.39 is 0 Å². The quantitative estimate of drug-likeness (QED) is 0.836. The van der Waals surface area contributed by atoms with Crippen molar-refractivity contribution < 1.29 is 4.74 Å². The molecule has 20 heavy (non-hydrogen) atoms. The Morgan fingerprint density at radius 1 is 1.25 bits per heavy atom. The van der Waals surface area contributed by atoms with Crippen LogP contribution in [0.4, 0.5) is 5.69 Å². The van der Waals surface area contributed by atoms with Gasteiger partial charge in [0.25, 0.3) is 6.02 Å². The molecular formula is C16H23N3O. The highest BCUT2D eigenvalue weighted by molar-refractivity contribution is 5.93. The predicted molar refractivity (Wildman–Crippen MR) is 83.6 cm³/mol. The Balaban J connectivity index is 2.33. The SMILES string of the molecule is CCCCOC1=Nc2ccccc2C(=CN)N1CCC. The van der Waals surface area contributed by atoms with Crippen LogP contribution in [-0.2, 0) is 4.74 Å². The van der Waals surface area contributed by atoms with E-state index in [-0.39, 0.29) is 0 Å². The number of unbranched alkanes of at least 4 members (excludes halogenated alkanes) is 1. The van der Waals surface area contributed by atoms with Crippen LogP contribution in [0.25, 0.3) is 5.70 Å². The molecule has 4 heteroatoms. The molecule has 0 atom stereocenters. The first-order valence-corrected chi connectivity index (χ1v) is 7.32. The van der Waals surface area contributed by atoms with E-state index in [9.17, 15) is 0 Å². The zero-order chi connectivity index (χ0) is 14.4. The van der Waals surface area contributed by atoms with E-state index in [4.69, 9.17) is 10.5 Å². The van der Waals surface area contributed by atoms with Crippen LogP contribution in [0.5, 0.6) is 0 Å². The molecule has 0 saturated carbocycles. The van der Waals surface area contributed by atoms with Gasteiger partial charge in [0.15, 0.2) is 0 Å². The highest BCUT2D eigenvalue weighted by Gasteiger charge is 2.25. The maximum absolute atomic E-state index is 5.86. The number of benzene rings is 1. The molecule has 2 rings (SSSR count). The van der Waals surface area contributed by atoms with Gasteiger partial charge in [0.2, 0.25) is 0 Å². The van der Waals surface area contributed by atoms with Crippen molar-refractivity contribution in [3.05, 3.63) is 36.0 Å². The van der Waals surface area contributed by atoms with Crippen LogP contribution in [0.1, 0.15) is 38.7 Å². The van der Waals surface area contributed by atoms with E-state index >= 15 is 0 Å². The van der Waals surface area contributed by atoms with Gasteiger partial charge >= 0.3 is 0 Å². The number of para-hydroxylation sites is 1. The number of ether oxygens (including phenoxy) is 1. The number of nitrogens with two attached hydrogens (primary N) is 1. The first kappa shape index (κ1) is 14.4. The number of aliphatic imine (C=N–C) groups is 1. The average molecular weight is 273 g/mol. The van der Waals surface area contributed by atoms with Crippen molar-refractivity contribution in [2.24, 2.45) is 10.7 Å². The molecule has 0 amide bonds. The number of hydrogen-bond donors (Lipinski definition) is 1. The van der Waals surface area contributed by atoms with Gasteiger partial charge in [-0.15, -0.1) is 0 Å². The van der Waals surface area contributed by atoms with Crippen molar-refractivity contribution in [2.75, 3.05) is 13.2 Å². The highest BCUT2D eigenvalue weighted by Crippen LogP contribution is 2.33. The Kier molecular flexibility index (Phi) is 5.04. The Bertz CT molecular complexity index is 508. The lowest BCUT2D eigenvalue weighted by Crippen LogP contribution is -2.35. The van der Waals surface area contributed by atoms with Gasteiger partial charge in [-0.3, -0.25) is 4.90 Å². The lowest BCUT2D eigenvalue weighted by atomic mass is 10.1. The van der Waals surface area contributed by atoms with E-state index in [1.807, 2.05) is 24.3 Å². The topological polar surface area (TPSA) is 50.9 Å². The third kappa shape index (κ3) is 2.95. The molecule has 0 aromatic heterocycles. The fourth-order valence-electron chi connectivity index (χ4n) is 2.24. The minimum Gasteiger partial charge on any atom is -0.465 e. The molecule has 2 N–H and O–H groups in total. The lowest BCUT2D eigenvalue weighted by Gasteiger charge is -2.31. The van der Waals surface area contributed by atoms with Crippen molar-refractivity contribution >= 4 is 17.4 Å². The van der Waals surface area contributed by atoms with Crippen LogP contribution in [0, 0.1) is 0 Å². The third-order valence-corrected chi connectivity index (χ3v) is 3.25. The molecule has 0 unspecified atom stereocenters. The zero-order valence-electron chi connectivity index (χ0n) is 12.3. The summed E-state index contributed by atoms with van der Waals surface area (Å²) in [5.74, 6) is 0. The predicted octanol–water partition coefficient (Wildman–Crippen LogP) is 3.47. The number of rotatable bonds is 5. The van der Waals surface area contributed by atoms with Gasteiger partial charge in [0.05, 0.1) is 18.0 Å². The fourth-order valence-corrected chi connectivity index (χ4v) is 2.24. The second-order valence-electron chi connectivity index (χ2n) is 4.82.